The van der Waals surface area contributed by atoms with E-state index in [1.165, 1.54) is 6.33 Å². The highest BCUT2D eigenvalue weighted by molar-refractivity contribution is 9.10. The zero-order chi connectivity index (χ0) is 15.5. The smallest absolute Gasteiger partial charge is 0.152 e. The van der Waals surface area contributed by atoms with Crippen LogP contribution in [0, 0.1) is 0 Å². The number of nitrogens with zero attached hydrogens (tertiary/aromatic N) is 3. The van der Waals surface area contributed by atoms with Gasteiger partial charge in [-0.15, -0.1) is 0 Å². The Kier molecular flexibility index (Phi) is 4.74. The van der Waals surface area contributed by atoms with Crippen molar-refractivity contribution in [1.29, 1.82) is 0 Å². The molecule has 0 aliphatic carbocycles. The summed E-state index contributed by atoms with van der Waals surface area (Å²) in [6.07, 6.45) is 5.52. The molecule has 0 radical (unpaired) electrons. The lowest BCUT2D eigenvalue weighted by Gasteiger charge is -2.28. The van der Waals surface area contributed by atoms with Crippen LogP contribution in [0.1, 0.15) is 24.0 Å². The number of halogens is 2. The summed E-state index contributed by atoms with van der Waals surface area (Å²) in [7, 11) is 0. The molecule has 1 aromatic heterocycles. The number of piperidine rings is 1. The van der Waals surface area contributed by atoms with Crippen LogP contribution < -0.4 is 4.90 Å². The van der Waals surface area contributed by atoms with Gasteiger partial charge < -0.3 is 4.90 Å². The second kappa shape index (κ2) is 6.75. The van der Waals surface area contributed by atoms with Gasteiger partial charge in [0.15, 0.2) is 5.78 Å². The van der Waals surface area contributed by atoms with E-state index < -0.39 is 0 Å². The van der Waals surface area contributed by atoms with Crippen LogP contribution in [0.2, 0.25) is 5.02 Å². The fraction of sp³-hybridized carbons (Fsp3) is 0.312. The van der Waals surface area contributed by atoms with Crippen LogP contribution in [-0.4, -0.2) is 28.8 Å². The van der Waals surface area contributed by atoms with Crippen LogP contribution >= 0.6 is 27.5 Å². The largest absolute Gasteiger partial charge is 0.349 e. The molecule has 0 spiro atoms. The first kappa shape index (κ1) is 15.4. The number of benzene rings is 1. The fourth-order valence-corrected chi connectivity index (χ4v) is 3.39. The fourth-order valence-electron chi connectivity index (χ4n) is 2.65. The van der Waals surface area contributed by atoms with Gasteiger partial charge in [-0.2, -0.15) is 0 Å². The molecular formula is C16H15BrClN3O. The van der Waals surface area contributed by atoms with E-state index in [4.69, 9.17) is 11.6 Å². The van der Waals surface area contributed by atoms with Crippen LogP contribution in [0.25, 0.3) is 0 Å². The summed E-state index contributed by atoms with van der Waals surface area (Å²) in [6, 6.07) is 5.84. The van der Waals surface area contributed by atoms with Crippen molar-refractivity contribution in [2.75, 3.05) is 18.0 Å². The summed E-state index contributed by atoms with van der Waals surface area (Å²) in [6.45, 7) is 1.28. The number of hydrogen-bond acceptors (Lipinski definition) is 4. The van der Waals surface area contributed by atoms with Gasteiger partial charge in [-0.05, 0) is 24.1 Å². The number of carbonyl (C=O) groups is 1. The summed E-state index contributed by atoms with van der Waals surface area (Å²) >= 11 is 9.71. The van der Waals surface area contributed by atoms with Crippen molar-refractivity contribution in [2.24, 2.45) is 0 Å². The second-order valence-electron chi connectivity index (χ2n) is 5.35. The SMILES string of the molecule is O=C1CCCN(c2ncncc2Cc2ccc(Br)cc2Cl)C1. The summed E-state index contributed by atoms with van der Waals surface area (Å²) in [4.78, 5) is 22.3. The Morgan fingerprint density at radius 2 is 2.18 bits per heavy atom. The normalized spacial score (nSPS) is 15.2. The van der Waals surface area contributed by atoms with Gasteiger partial charge in [0.05, 0.1) is 6.54 Å². The molecule has 0 bridgehead atoms. The van der Waals surface area contributed by atoms with Crippen molar-refractivity contribution >= 4 is 39.1 Å². The molecule has 0 saturated carbocycles. The summed E-state index contributed by atoms with van der Waals surface area (Å²) < 4.78 is 0.951. The molecule has 1 aliphatic rings. The lowest BCUT2D eigenvalue weighted by atomic mass is 10.0. The molecule has 1 fully saturated rings. The van der Waals surface area contributed by atoms with E-state index in [9.17, 15) is 4.79 Å². The monoisotopic (exact) mass is 379 g/mol. The van der Waals surface area contributed by atoms with E-state index in [0.29, 0.717) is 24.4 Å². The highest BCUT2D eigenvalue weighted by Crippen LogP contribution is 2.27. The van der Waals surface area contributed by atoms with E-state index in [-0.39, 0.29) is 5.78 Å². The Hall–Kier alpha value is -1.46. The first-order valence-corrected chi connectivity index (χ1v) is 8.30. The Balaban J connectivity index is 1.89. The standard InChI is InChI=1S/C16H15BrClN3O/c17-13-4-3-11(15(18)7-13)6-12-8-19-10-20-16(12)21-5-1-2-14(22)9-21/h3-4,7-8,10H,1-2,5-6,9H2. The summed E-state index contributed by atoms with van der Waals surface area (Å²) in [5.74, 6) is 1.10. The Labute approximate surface area is 142 Å². The average molecular weight is 381 g/mol. The van der Waals surface area contributed by atoms with E-state index >= 15 is 0 Å². The van der Waals surface area contributed by atoms with Gasteiger partial charge in [0.2, 0.25) is 0 Å². The minimum absolute atomic E-state index is 0.262. The average Bonchev–Trinajstić information content (AvgIpc) is 2.50. The number of Topliss-reactive ketones (excluding diaryl/α,β-unsaturated/α-hetero) is 1. The number of carbonyl (C=O) groups excluding carboxylic acids is 1. The topological polar surface area (TPSA) is 46.1 Å². The minimum Gasteiger partial charge on any atom is -0.349 e. The molecule has 2 heterocycles. The summed E-state index contributed by atoms with van der Waals surface area (Å²) in [5, 5.41) is 0.707. The zero-order valence-corrected chi connectivity index (χ0v) is 14.3. The minimum atomic E-state index is 0.262. The molecule has 0 atom stereocenters. The van der Waals surface area contributed by atoms with Gasteiger partial charge in [-0.3, -0.25) is 4.79 Å². The molecule has 6 heteroatoms. The maximum atomic E-state index is 11.7. The lowest BCUT2D eigenvalue weighted by molar-refractivity contribution is -0.118. The molecule has 0 N–H and O–H groups in total. The molecule has 1 saturated heterocycles. The van der Waals surface area contributed by atoms with E-state index in [1.54, 1.807) is 6.20 Å². The van der Waals surface area contributed by atoms with E-state index in [1.807, 2.05) is 23.1 Å². The van der Waals surface area contributed by atoms with Crippen molar-refractivity contribution in [3.63, 3.8) is 0 Å². The third-order valence-electron chi connectivity index (χ3n) is 3.71. The Bertz CT molecular complexity index is 708. The second-order valence-corrected chi connectivity index (χ2v) is 6.67. The van der Waals surface area contributed by atoms with E-state index in [2.05, 4.69) is 25.9 Å². The first-order valence-electron chi connectivity index (χ1n) is 7.13. The number of rotatable bonds is 3. The van der Waals surface area contributed by atoms with Gasteiger partial charge in [0.25, 0.3) is 0 Å². The number of hydrogen-bond donors (Lipinski definition) is 0. The van der Waals surface area contributed by atoms with Crippen LogP contribution in [0.3, 0.4) is 0 Å². The van der Waals surface area contributed by atoms with Crippen LogP contribution in [0.5, 0.6) is 0 Å². The van der Waals surface area contributed by atoms with Gasteiger partial charge in [0.1, 0.15) is 12.1 Å². The molecule has 4 nitrogen and oxygen atoms in total. The van der Waals surface area contributed by atoms with Crippen molar-refractivity contribution in [1.82, 2.24) is 9.97 Å². The third-order valence-corrected chi connectivity index (χ3v) is 4.56. The van der Waals surface area contributed by atoms with Crippen molar-refractivity contribution < 1.29 is 4.79 Å². The van der Waals surface area contributed by atoms with Crippen LogP contribution in [-0.2, 0) is 11.2 Å². The zero-order valence-electron chi connectivity index (χ0n) is 11.9. The van der Waals surface area contributed by atoms with Gasteiger partial charge >= 0.3 is 0 Å². The van der Waals surface area contributed by atoms with Crippen molar-refractivity contribution in [3.05, 3.63) is 51.3 Å². The molecule has 114 valence electrons. The number of anilines is 1. The summed E-state index contributed by atoms with van der Waals surface area (Å²) in [5.41, 5.74) is 2.01. The molecule has 3 rings (SSSR count). The van der Waals surface area contributed by atoms with Crippen molar-refractivity contribution in [2.45, 2.75) is 19.3 Å². The lowest BCUT2D eigenvalue weighted by Crippen LogP contribution is -2.36. The van der Waals surface area contributed by atoms with Crippen LogP contribution in [0.4, 0.5) is 5.82 Å². The predicted octanol–water partition coefficient (Wildman–Crippen LogP) is 3.65. The van der Waals surface area contributed by atoms with Gasteiger partial charge in [-0.25, -0.2) is 9.97 Å². The third kappa shape index (κ3) is 3.47. The molecule has 0 unspecified atom stereocenters. The molecule has 22 heavy (non-hydrogen) atoms. The van der Waals surface area contributed by atoms with E-state index in [0.717, 1.165) is 34.4 Å². The molecule has 1 aromatic carbocycles. The molecular weight excluding hydrogens is 366 g/mol. The predicted molar refractivity (Wildman–Crippen MR) is 90.4 cm³/mol. The van der Waals surface area contributed by atoms with Gasteiger partial charge in [-0.1, -0.05) is 33.6 Å². The number of aromatic nitrogens is 2. The van der Waals surface area contributed by atoms with Gasteiger partial charge in [0, 0.05) is 40.6 Å². The Morgan fingerprint density at radius 1 is 1.32 bits per heavy atom. The highest BCUT2D eigenvalue weighted by Gasteiger charge is 2.21. The molecule has 1 aliphatic heterocycles. The van der Waals surface area contributed by atoms with Crippen molar-refractivity contribution in [3.8, 4) is 0 Å². The Morgan fingerprint density at radius 3 is 2.95 bits per heavy atom. The maximum absolute atomic E-state index is 11.7. The highest BCUT2D eigenvalue weighted by atomic mass is 79.9. The van der Waals surface area contributed by atoms with Crippen LogP contribution in [0.15, 0.2) is 35.2 Å². The quantitative estimate of drug-likeness (QED) is 0.815. The number of ketones is 1. The molecule has 0 amide bonds. The first-order chi connectivity index (χ1) is 10.6. The molecule has 2 aromatic rings. The maximum Gasteiger partial charge on any atom is 0.152 e.